The van der Waals surface area contributed by atoms with Crippen molar-refractivity contribution in [1.82, 2.24) is 9.97 Å². The summed E-state index contributed by atoms with van der Waals surface area (Å²) in [6, 6.07) is 0.228. The second-order valence-corrected chi connectivity index (χ2v) is 3.93. The van der Waals surface area contributed by atoms with Crippen LogP contribution in [-0.2, 0) is 0 Å². The molecule has 0 aliphatic heterocycles. The maximum absolute atomic E-state index is 12.2. The topological polar surface area (TPSA) is 75.1 Å². The highest BCUT2D eigenvalue weighted by Crippen LogP contribution is 2.29. The number of nitrogens with zero attached hydrogens (tertiary/aromatic N) is 2. The number of carboxylic acid groups (broad SMARTS) is 1. The number of rotatable bonds is 4. The minimum atomic E-state index is -1.10. The zero-order valence-corrected chi connectivity index (χ0v) is 8.56. The van der Waals surface area contributed by atoms with E-state index in [1.165, 1.54) is 12.4 Å². The van der Waals surface area contributed by atoms with Crippen LogP contribution in [0.5, 0.6) is 0 Å². The molecule has 2 rings (SSSR count). The van der Waals surface area contributed by atoms with Gasteiger partial charge in [0.05, 0.1) is 19.1 Å². The number of nitrogens with one attached hydrogen (secondary N) is 1. The molecule has 1 aliphatic rings. The van der Waals surface area contributed by atoms with Gasteiger partial charge in [0, 0.05) is 6.04 Å². The van der Waals surface area contributed by atoms with E-state index in [-0.39, 0.29) is 24.3 Å². The summed E-state index contributed by atoms with van der Waals surface area (Å²) in [4.78, 5) is 18.2. The first-order chi connectivity index (χ1) is 7.69. The summed E-state index contributed by atoms with van der Waals surface area (Å²) in [5.74, 6) is -0.406. The van der Waals surface area contributed by atoms with Crippen LogP contribution in [0.15, 0.2) is 12.4 Å². The van der Waals surface area contributed by atoms with Crippen molar-refractivity contribution < 1.29 is 14.3 Å². The summed E-state index contributed by atoms with van der Waals surface area (Å²) >= 11 is 0. The first kappa shape index (κ1) is 10.8. The van der Waals surface area contributed by atoms with E-state index in [4.69, 9.17) is 5.11 Å². The van der Waals surface area contributed by atoms with E-state index in [9.17, 15) is 9.18 Å². The molecular formula is C10H12FN3O2. The zero-order valence-electron chi connectivity index (χ0n) is 8.56. The van der Waals surface area contributed by atoms with Gasteiger partial charge in [-0.25, -0.2) is 14.8 Å². The number of aromatic nitrogens is 2. The van der Waals surface area contributed by atoms with Gasteiger partial charge in [0.1, 0.15) is 5.82 Å². The fourth-order valence-corrected chi connectivity index (χ4v) is 1.70. The molecule has 6 heteroatoms. The molecular weight excluding hydrogens is 213 g/mol. The molecule has 0 atom stereocenters. The molecule has 1 heterocycles. The summed E-state index contributed by atoms with van der Waals surface area (Å²) in [6.45, 7) is -0.276. The predicted molar refractivity (Wildman–Crippen MR) is 55.1 cm³/mol. The SMILES string of the molecule is O=C(O)c1cnc(NC2CC(CF)C2)cn1. The quantitative estimate of drug-likeness (QED) is 0.808. The summed E-state index contributed by atoms with van der Waals surface area (Å²) in [5.41, 5.74) is -0.0826. The molecule has 1 aromatic heterocycles. The van der Waals surface area contributed by atoms with E-state index < -0.39 is 5.97 Å². The average Bonchev–Trinajstić information content (AvgIpc) is 2.23. The summed E-state index contributed by atoms with van der Waals surface area (Å²) in [7, 11) is 0. The van der Waals surface area contributed by atoms with Crippen LogP contribution in [-0.4, -0.2) is 33.8 Å². The number of carbonyl (C=O) groups is 1. The van der Waals surface area contributed by atoms with E-state index in [0.717, 1.165) is 12.8 Å². The minimum absolute atomic E-state index is 0.0826. The van der Waals surface area contributed by atoms with Crippen molar-refractivity contribution in [3.63, 3.8) is 0 Å². The molecule has 0 unspecified atom stereocenters. The molecule has 1 aromatic rings. The Hall–Kier alpha value is -1.72. The van der Waals surface area contributed by atoms with Crippen molar-refractivity contribution in [3.8, 4) is 0 Å². The van der Waals surface area contributed by atoms with Gasteiger partial charge >= 0.3 is 5.97 Å². The van der Waals surface area contributed by atoms with E-state index in [1.807, 2.05) is 0 Å². The fraction of sp³-hybridized carbons (Fsp3) is 0.500. The first-order valence-electron chi connectivity index (χ1n) is 5.07. The van der Waals surface area contributed by atoms with Crippen LogP contribution in [0.2, 0.25) is 0 Å². The molecule has 5 nitrogen and oxygen atoms in total. The Balaban J connectivity index is 1.89. The Bertz CT molecular complexity index is 376. The monoisotopic (exact) mass is 225 g/mol. The molecule has 0 bridgehead atoms. The Morgan fingerprint density at radius 1 is 1.50 bits per heavy atom. The van der Waals surface area contributed by atoms with Crippen LogP contribution < -0.4 is 5.32 Å². The van der Waals surface area contributed by atoms with Gasteiger partial charge in [0.25, 0.3) is 0 Å². The summed E-state index contributed by atoms with van der Waals surface area (Å²) < 4.78 is 12.2. The lowest BCUT2D eigenvalue weighted by molar-refractivity contribution is 0.0690. The van der Waals surface area contributed by atoms with Gasteiger partial charge < -0.3 is 10.4 Å². The highest BCUT2D eigenvalue weighted by molar-refractivity contribution is 5.84. The van der Waals surface area contributed by atoms with Gasteiger partial charge in [0.15, 0.2) is 5.69 Å². The first-order valence-corrected chi connectivity index (χ1v) is 5.07. The number of carboxylic acids is 1. The highest BCUT2D eigenvalue weighted by atomic mass is 19.1. The molecule has 1 saturated carbocycles. The van der Waals surface area contributed by atoms with Crippen LogP contribution in [0.25, 0.3) is 0 Å². The number of hydrogen-bond acceptors (Lipinski definition) is 4. The van der Waals surface area contributed by atoms with Crippen molar-refractivity contribution in [3.05, 3.63) is 18.1 Å². The Morgan fingerprint density at radius 2 is 2.25 bits per heavy atom. The van der Waals surface area contributed by atoms with Crippen LogP contribution in [0.1, 0.15) is 23.3 Å². The highest BCUT2D eigenvalue weighted by Gasteiger charge is 2.29. The molecule has 1 fully saturated rings. The number of aromatic carboxylic acids is 1. The lowest BCUT2D eigenvalue weighted by Crippen LogP contribution is -2.36. The average molecular weight is 225 g/mol. The zero-order chi connectivity index (χ0) is 11.5. The van der Waals surface area contributed by atoms with Gasteiger partial charge in [-0.05, 0) is 18.8 Å². The van der Waals surface area contributed by atoms with Gasteiger partial charge in [-0.2, -0.15) is 0 Å². The Labute approximate surface area is 91.7 Å². The smallest absolute Gasteiger partial charge is 0.356 e. The second kappa shape index (κ2) is 4.42. The normalized spacial score (nSPS) is 23.6. The largest absolute Gasteiger partial charge is 0.476 e. The van der Waals surface area contributed by atoms with E-state index in [0.29, 0.717) is 5.82 Å². The van der Waals surface area contributed by atoms with E-state index in [2.05, 4.69) is 15.3 Å². The molecule has 0 radical (unpaired) electrons. The van der Waals surface area contributed by atoms with Crippen LogP contribution in [0, 0.1) is 5.92 Å². The standard InChI is InChI=1S/C10H12FN3O2/c11-3-6-1-7(2-6)14-9-5-12-8(4-13-9)10(15)16/h4-7H,1-3H2,(H,13,14)(H,15,16). The van der Waals surface area contributed by atoms with Gasteiger partial charge in [-0.15, -0.1) is 0 Å². The molecule has 2 N–H and O–H groups in total. The number of anilines is 1. The number of halogens is 1. The molecule has 16 heavy (non-hydrogen) atoms. The summed E-state index contributed by atoms with van der Waals surface area (Å²) in [5, 5.41) is 11.7. The van der Waals surface area contributed by atoms with Crippen molar-refractivity contribution in [2.24, 2.45) is 5.92 Å². The molecule has 1 aliphatic carbocycles. The lowest BCUT2D eigenvalue weighted by Gasteiger charge is -2.34. The van der Waals surface area contributed by atoms with Crippen LogP contribution in [0.3, 0.4) is 0 Å². The van der Waals surface area contributed by atoms with Gasteiger partial charge in [-0.1, -0.05) is 0 Å². The van der Waals surface area contributed by atoms with Crippen molar-refractivity contribution in [2.75, 3.05) is 12.0 Å². The second-order valence-electron chi connectivity index (χ2n) is 3.93. The van der Waals surface area contributed by atoms with Crippen molar-refractivity contribution in [1.29, 1.82) is 0 Å². The van der Waals surface area contributed by atoms with Crippen LogP contribution in [0.4, 0.5) is 10.2 Å². The maximum atomic E-state index is 12.2. The van der Waals surface area contributed by atoms with Crippen LogP contribution >= 0.6 is 0 Å². The predicted octanol–water partition coefficient (Wildman–Crippen LogP) is 1.33. The molecule has 0 saturated heterocycles. The third kappa shape index (κ3) is 2.26. The Morgan fingerprint density at radius 3 is 2.75 bits per heavy atom. The van der Waals surface area contributed by atoms with Crippen molar-refractivity contribution >= 4 is 11.8 Å². The van der Waals surface area contributed by atoms with Gasteiger partial charge in [0.2, 0.25) is 0 Å². The van der Waals surface area contributed by atoms with Gasteiger partial charge in [-0.3, -0.25) is 4.39 Å². The van der Waals surface area contributed by atoms with E-state index >= 15 is 0 Å². The molecule has 0 aromatic carbocycles. The third-order valence-corrected chi connectivity index (χ3v) is 2.68. The number of hydrogen-bond donors (Lipinski definition) is 2. The fourth-order valence-electron chi connectivity index (χ4n) is 1.70. The Kier molecular flexibility index (Phi) is 2.98. The van der Waals surface area contributed by atoms with Crippen molar-refractivity contribution in [2.45, 2.75) is 18.9 Å². The third-order valence-electron chi connectivity index (χ3n) is 2.68. The lowest BCUT2D eigenvalue weighted by atomic mass is 9.81. The molecule has 0 spiro atoms. The maximum Gasteiger partial charge on any atom is 0.356 e. The minimum Gasteiger partial charge on any atom is -0.476 e. The number of alkyl halides is 1. The summed E-state index contributed by atoms with van der Waals surface area (Å²) in [6.07, 6.45) is 4.17. The molecule has 0 amide bonds. The van der Waals surface area contributed by atoms with E-state index in [1.54, 1.807) is 0 Å². The molecule has 86 valence electrons.